The van der Waals surface area contributed by atoms with E-state index in [4.69, 9.17) is 4.74 Å². The predicted molar refractivity (Wildman–Crippen MR) is 76.2 cm³/mol. The molecular weight excluding hydrogens is 224 g/mol. The van der Waals surface area contributed by atoms with Gasteiger partial charge < -0.3 is 14.6 Å². The molecule has 0 unspecified atom stereocenters. The molecule has 0 radical (unpaired) electrons. The van der Waals surface area contributed by atoms with Crippen LogP contribution in [0.15, 0.2) is 30.5 Å². The van der Waals surface area contributed by atoms with Gasteiger partial charge in [0, 0.05) is 35.7 Å². The van der Waals surface area contributed by atoms with Crippen LogP contribution in [0, 0.1) is 0 Å². The van der Waals surface area contributed by atoms with Gasteiger partial charge in [0.1, 0.15) is 5.75 Å². The first kappa shape index (κ1) is 13.0. The van der Waals surface area contributed by atoms with Crippen molar-refractivity contribution >= 4 is 10.9 Å². The third-order valence-electron chi connectivity index (χ3n) is 2.99. The fourth-order valence-corrected chi connectivity index (χ4v) is 2.05. The summed E-state index contributed by atoms with van der Waals surface area (Å²) in [6, 6.07) is 8.33. The standard InChI is InChI=1S/C15H22N2O/c1-15(2,3)16-8-10-17-9-7-12-11-13(18-4)5-6-14(12)17/h5-7,9,11,16H,8,10H2,1-4H3. The maximum absolute atomic E-state index is 5.24. The van der Waals surface area contributed by atoms with Gasteiger partial charge in [-0.25, -0.2) is 0 Å². The highest BCUT2D eigenvalue weighted by Gasteiger charge is 2.08. The molecule has 2 rings (SSSR count). The van der Waals surface area contributed by atoms with E-state index in [9.17, 15) is 0 Å². The van der Waals surface area contributed by atoms with Gasteiger partial charge in [-0.1, -0.05) is 0 Å². The Hall–Kier alpha value is -1.48. The molecule has 18 heavy (non-hydrogen) atoms. The Morgan fingerprint density at radius 2 is 2.00 bits per heavy atom. The minimum atomic E-state index is 0.173. The highest BCUT2D eigenvalue weighted by Crippen LogP contribution is 2.21. The molecule has 0 atom stereocenters. The first-order valence-electron chi connectivity index (χ1n) is 6.37. The van der Waals surface area contributed by atoms with Gasteiger partial charge in [-0.15, -0.1) is 0 Å². The van der Waals surface area contributed by atoms with Gasteiger partial charge in [0.25, 0.3) is 0 Å². The molecule has 1 aromatic carbocycles. The summed E-state index contributed by atoms with van der Waals surface area (Å²) in [4.78, 5) is 0. The van der Waals surface area contributed by atoms with Crippen LogP contribution in [0.4, 0.5) is 0 Å². The van der Waals surface area contributed by atoms with Crippen molar-refractivity contribution in [2.75, 3.05) is 13.7 Å². The Labute approximate surface area is 109 Å². The molecule has 0 amide bonds. The average Bonchev–Trinajstić information content (AvgIpc) is 2.70. The lowest BCUT2D eigenvalue weighted by atomic mass is 10.1. The first-order chi connectivity index (χ1) is 8.49. The van der Waals surface area contributed by atoms with E-state index in [2.05, 4.69) is 55.1 Å². The van der Waals surface area contributed by atoms with Crippen molar-refractivity contribution in [2.45, 2.75) is 32.9 Å². The summed E-state index contributed by atoms with van der Waals surface area (Å²) in [5.74, 6) is 0.910. The number of hydrogen-bond donors (Lipinski definition) is 1. The lowest BCUT2D eigenvalue weighted by molar-refractivity contribution is 0.414. The summed E-state index contributed by atoms with van der Waals surface area (Å²) in [6.07, 6.45) is 2.13. The highest BCUT2D eigenvalue weighted by molar-refractivity contribution is 5.81. The molecule has 0 saturated carbocycles. The Kier molecular flexibility index (Phi) is 3.62. The molecule has 0 fully saturated rings. The average molecular weight is 246 g/mol. The second-order valence-corrected chi connectivity index (χ2v) is 5.61. The first-order valence-corrected chi connectivity index (χ1v) is 6.37. The van der Waals surface area contributed by atoms with Gasteiger partial charge >= 0.3 is 0 Å². The van der Waals surface area contributed by atoms with Crippen molar-refractivity contribution in [2.24, 2.45) is 0 Å². The van der Waals surface area contributed by atoms with Crippen molar-refractivity contribution in [3.8, 4) is 5.75 Å². The van der Waals surface area contributed by atoms with Crippen LogP contribution >= 0.6 is 0 Å². The predicted octanol–water partition coefficient (Wildman–Crippen LogP) is 3.04. The van der Waals surface area contributed by atoms with Crippen molar-refractivity contribution < 1.29 is 4.74 Å². The molecule has 0 saturated heterocycles. The van der Waals surface area contributed by atoms with Crippen molar-refractivity contribution in [3.63, 3.8) is 0 Å². The van der Waals surface area contributed by atoms with Crippen LogP contribution in [0.25, 0.3) is 10.9 Å². The topological polar surface area (TPSA) is 26.2 Å². The molecular formula is C15H22N2O. The van der Waals surface area contributed by atoms with Crippen LogP contribution in [0.5, 0.6) is 5.75 Å². The van der Waals surface area contributed by atoms with Gasteiger partial charge in [-0.05, 0) is 45.0 Å². The summed E-state index contributed by atoms with van der Waals surface area (Å²) in [5.41, 5.74) is 1.43. The fraction of sp³-hybridized carbons (Fsp3) is 0.467. The van der Waals surface area contributed by atoms with Crippen molar-refractivity contribution in [1.82, 2.24) is 9.88 Å². The smallest absolute Gasteiger partial charge is 0.119 e. The number of nitrogens with zero attached hydrogens (tertiary/aromatic N) is 1. The number of fused-ring (bicyclic) bond motifs is 1. The molecule has 0 spiro atoms. The summed E-state index contributed by atoms with van der Waals surface area (Å²) < 4.78 is 7.51. The maximum atomic E-state index is 5.24. The number of benzene rings is 1. The van der Waals surface area contributed by atoms with E-state index >= 15 is 0 Å². The summed E-state index contributed by atoms with van der Waals surface area (Å²) in [6.45, 7) is 8.51. The van der Waals surface area contributed by atoms with E-state index in [1.165, 1.54) is 10.9 Å². The zero-order valence-electron chi connectivity index (χ0n) is 11.7. The minimum absolute atomic E-state index is 0.173. The molecule has 98 valence electrons. The zero-order chi connectivity index (χ0) is 13.2. The van der Waals surface area contributed by atoms with Crippen LogP contribution < -0.4 is 10.1 Å². The number of aromatic nitrogens is 1. The van der Waals surface area contributed by atoms with E-state index in [0.29, 0.717) is 0 Å². The van der Waals surface area contributed by atoms with Crippen LogP contribution in [0.3, 0.4) is 0 Å². The summed E-state index contributed by atoms with van der Waals surface area (Å²) in [5, 5.41) is 4.73. The minimum Gasteiger partial charge on any atom is -0.497 e. The number of ether oxygens (including phenoxy) is 1. The van der Waals surface area contributed by atoms with Gasteiger partial charge in [0.05, 0.1) is 7.11 Å². The lowest BCUT2D eigenvalue weighted by Crippen LogP contribution is -2.37. The SMILES string of the molecule is COc1ccc2c(ccn2CCNC(C)(C)C)c1. The van der Waals surface area contributed by atoms with Gasteiger partial charge in [-0.2, -0.15) is 0 Å². The zero-order valence-corrected chi connectivity index (χ0v) is 11.7. The largest absolute Gasteiger partial charge is 0.497 e. The molecule has 3 nitrogen and oxygen atoms in total. The van der Waals surface area contributed by atoms with E-state index in [1.54, 1.807) is 7.11 Å². The molecule has 0 bridgehead atoms. The summed E-state index contributed by atoms with van der Waals surface area (Å²) >= 11 is 0. The number of hydrogen-bond acceptors (Lipinski definition) is 2. The van der Waals surface area contributed by atoms with Gasteiger partial charge in [0.2, 0.25) is 0 Å². The van der Waals surface area contributed by atoms with Gasteiger partial charge in [0.15, 0.2) is 0 Å². The summed E-state index contributed by atoms with van der Waals surface area (Å²) in [7, 11) is 1.70. The monoisotopic (exact) mass is 246 g/mol. The molecule has 1 aromatic heterocycles. The third-order valence-corrected chi connectivity index (χ3v) is 2.99. The van der Waals surface area contributed by atoms with Gasteiger partial charge in [-0.3, -0.25) is 0 Å². The number of rotatable bonds is 4. The molecule has 1 N–H and O–H groups in total. The van der Waals surface area contributed by atoms with Crippen LogP contribution in [-0.2, 0) is 6.54 Å². The lowest BCUT2D eigenvalue weighted by Gasteiger charge is -2.20. The van der Waals surface area contributed by atoms with E-state index in [0.717, 1.165) is 18.8 Å². The maximum Gasteiger partial charge on any atom is 0.119 e. The van der Waals surface area contributed by atoms with Crippen LogP contribution in [-0.4, -0.2) is 23.8 Å². The molecule has 2 aromatic rings. The molecule has 0 aliphatic heterocycles. The van der Waals surface area contributed by atoms with Crippen molar-refractivity contribution in [3.05, 3.63) is 30.5 Å². The van der Waals surface area contributed by atoms with E-state index in [1.807, 2.05) is 6.07 Å². The quantitative estimate of drug-likeness (QED) is 0.897. The third kappa shape index (κ3) is 3.05. The molecule has 1 heterocycles. The fourth-order valence-electron chi connectivity index (χ4n) is 2.05. The molecule has 0 aliphatic rings. The van der Waals surface area contributed by atoms with Crippen molar-refractivity contribution in [1.29, 1.82) is 0 Å². The number of nitrogens with one attached hydrogen (secondary N) is 1. The van der Waals surface area contributed by atoms with E-state index < -0.39 is 0 Å². The second-order valence-electron chi connectivity index (χ2n) is 5.61. The number of methoxy groups -OCH3 is 1. The van der Waals surface area contributed by atoms with E-state index in [-0.39, 0.29) is 5.54 Å². The highest BCUT2D eigenvalue weighted by atomic mass is 16.5. The normalized spacial score (nSPS) is 12.0. The Morgan fingerprint density at radius 3 is 2.67 bits per heavy atom. The Bertz CT molecular complexity index is 523. The second kappa shape index (κ2) is 5.02. The van der Waals surface area contributed by atoms with Crippen LogP contribution in [0.1, 0.15) is 20.8 Å². The van der Waals surface area contributed by atoms with Crippen LogP contribution in [0.2, 0.25) is 0 Å². The molecule has 3 heteroatoms. The molecule has 0 aliphatic carbocycles. The Morgan fingerprint density at radius 1 is 1.22 bits per heavy atom. The Balaban J connectivity index is 2.10.